The summed E-state index contributed by atoms with van der Waals surface area (Å²) in [5, 5.41) is 2.41. The molecule has 0 aliphatic heterocycles. The summed E-state index contributed by atoms with van der Waals surface area (Å²) in [6.07, 6.45) is 9.09. The predicted molar refractivity (Wildman–Crippen MR) is 67.5 cm³/mol. The molecule has 1 aromatic carbocycles. The van der Waals surface area contributed by atoms with Crippen LogP contribution in [-0.2, 0) is 11.2 Å². The van der Waals surface area contributed by atoms with Gasteiger partial charge < -0.3 is 10.1 Å². The van der Waals surface area contributed by atoms with Crippen molar-refractivity contribution in [2.45, 2.75) is 6.42 Å². The standard InChI is InChI=1S/C14H15NO2/c1-2-11-15-14(16)17-12-7-6-10-13-8-4-3-5-9-13/h1,3-9H,10-12H2,(H,15,16). The van der Waals surface area contributed by atoms with E-state index in [-0.39, 0.29) is 13.2 Å². The van der Waals surface area contributed by atoms with Crippen LogP contribution in [0.2, 0.25) is 0 Å². The molecule has 0 spiro atoms. The van der Waals surface area contributed by atoms with E-state index in [4.69, 9.17) is 11.2 Å². The summed E-state index contributed by atoms with van der Waals surface area (Å²) in [5.41, 5.74) is 1.22. The molecule has 0 fully saturated rings. The van der Waals surface area contributed by atoms with Gasteiger partial charge in [-0.3, -0.25) is 0 Å². The third-order valence-electron chi connectivity index (χ3n) is 2.01. The van der Waals surface area contributed by atoms with Crippen LogP contribution in [0, 0.1) is 12.3 Å². The number of carbonyl (C=O) groups is 1. The number of amides is 1. The normalized spacial score (nSPS) is 9.82. The van der Waals surface area contributed by atoms with Crippen molar-refractivity contribution in [3.8, 4) is 12.3 Å². The molecule has 0 radical (unpaired) electrons. The van der Waals surface area contributed by atoms with Gasteiger partial charge in [-0.25, -0.2) is 4.79 Å². The van der Waals surface area contributed by atoms with Crippen LogP contribution in [0.15, 0.2) is 42.5 Å². The van der Waals surface area contributed by atoms with Gasteiger partial charge in [-0.1, -0.05) is 48.4 Å². The van der Waals surface area contributed by atoms with Crippen LogP contribution in [-0.4, -0.2) is 19.2 Å². The lowest BCUT2D eigenvalue weighted by Gasteiger charge is -2.01. The van der Waals surface area contributed by atoms with Crippen molar-refractivity contribution in [3.63, 3.8) is 0 Å². The summed E-state index contributed by atoms with van der Waals surface area (Å²) in [5.74, 6) is 2.29. The lowest BCUT2D eigenvalue weighted by molar-refractivity contribution is 0.159. The van der Waals surface area contributed by atoms with Crippen LogP contribution in [0.25, 0.3) is 0 Å². The fourth-order valence-corrected chi connectivity index (χ4v) is 1.20. The molecule has 0 aromatic heterocycles. The highest BCUT2D eigenvalue weighted by Crippen LogP contribution is 1.99. The van der Waals surface area contributed by atoms with Crippen molar-refractivity contribution >= 4 is 6.09 Å². The monoisotopic (exact) mass is 229 g/mol. The first-order chi connectivity index (χ1) is 8.33. The van der Waals surface area contributed by atoms with Crippen molar-refractivity contribution < 1.29 is 9.53 Å². The fraction of sp³-hybridized carbons (Fsp3) is 0.214. The van der Waals surface area contributed by atoms with E-state index < -0.39 is 6.09 Å². The molecule has 0 aliphatic rings. The summed E-state index contributed by atoms with van der Waals surface area (Å²) in [7, 11) is 0. The van der Waals surface area contributed by atoms with Gasteiger partial charge >= 0.3 is 6.09 Å². The highest BCUT2D eigenvalue weighted by Gasteiger charge is 1.95. The van der Waals surface area contributed by atoms with Crippen LogP contribution < -0.4 is 5.32 Å². The van der Waals surface area contributed by atoms with Crippen molar-refractivity contribution in [1.82, 2.24) is 5.32 Å². The Bertz CT molecular complexity index is 404. The van der Waals surface area contributed by atoms with Crippen LogP contribution in [0.4, 0.5) is 4.79 Å². The van der Waals surface area contributed by atoms with E-state index in [0.29, 0.717) is 0 Å². The van der Waals surface area contributed by atoms with Gasteiger partial charge in [0.2, 0.25) is 0 Å². The number of hydrogen-bond donors (Lipinski definition) is 1. The summed E-state index contributed by atoms with van der Waals surface area (Å²) < 4.78 is 4.85. The number of hydrogen-bond acceptors (Lipinski definition) is 2. The van der Waals surface area contributed by atoms with Crippen LogP contribution in [0.1, 0.15) is 5.56 Å². The molecule has 0 aliphatic carbocycles. The largest absolute Gasteiger partial charge is 0.445 e. The van der Waals surface area contributed by atoms with Gasteiger partial charge in [-0.2, -0.15) is 0 Å². The lowest BCUT2D eigenvalue weighted by Crippen LogP contribution is -2.24. The highest BCUT2D eigenvalue weighted by atomic mass is 16.5. The summed E-state index contributed by atoms with van der Waals surface area (Å²) in [4.78, 5) is 11.0. The van der Waals surface area contributed by atoms with E-state index in [2.05, 4.69) is 11.2 Å². The quantitative estimate of drug-likeness (QED) is 0.620. The van der Waals surface area contributed by atoms with Crippen LogP contribution in [0.3, 0.4) is 0 Å². The summed E-state index contributed by atoms with van der Waals surface area (Å²) in [6.45, 7) is 0.440. The van der Waals surface area contributed by atoms with Gasteiger partial charge in [0, 0.05) is 0 Å². The first-order valence-corrected chi connectivity index (χ1v) is 5.36. The lowest BCUT2D eigenvalue weighted by atomic mass is 10.1. The molecule has 0 atom stereocenters. The molecule has 0 heterocycles. The van der Waals surface area contributed by atoms with Crippen LogP contribution >= 0.6 is 0 Å². The molecular formula is C14H15NO2. The maximum atomic E-state index is 11.0. The summed E-state index contributed by atoms with van der Waals surface area (Å²) >= 11 is 0. The second-order valence-electron chi connectivity index (χ2n) is 3.32. The molecule has 1 N–H and O–H groups in total. The number of allylic oxidation sites excluding steroid dienone is 1. The Hall–Kier alpha value is -2.21. The third kappa shape index (κ3) is 6.06. The van der Waals surface area contributed by atoms with E-state index in [1.807, 2.05) is 42.5 Å². The molecule has 1 amide bonds. The predicted octanol–water partition coefficient (Wildman–Crippen LogP) is 2.14. The van der Waals surface area contributed by atoms with E-state index in [9.17, 15) is 4.79 Å². The topological polar surface area (TPSA) is 38.3 Å². The van der Waals surface area contributed by atoms with Gasteiger partial charge in [0.05, 0.1) is 6.54 Å². The zero-order chi connectivity index (χ0) is 12.3. The number of rotatable bonds is 5. The average molecular weight is 229 g/mol. The number of alkyl carbamates (subject to hydrolysis) is 1. The number of benzene rings is 1. The third-order valence-corrected chi connectivity index (χ3v) is 2.01. The minimum atomic E-state index is -0.493. The molecule has 0 unspecified atom stereocenters. The molecule has 17 heavy (non-hydrogen) atoms. The van der Waals surface area contributed by atoms with E-state index >= 15 is 0 Å². The zero-order valence-corrected chi connectivity index (χ0v) is 9.56. The molecule has 1 aromatic rings. The molecule has 3 heteroatoms. The SMILES string of the molecule is C#CCNC(=O)OCC=CCc1ccccc1. The molecule has 0 saturated carbocycles. The Labute approximate surface area is 101 Å². The van der Waals surface area contributed by atoms with Crippen molar-refractivity contribution in [2.24, 2.45) is 0 Å². The molecule has 3 nitrogen and oxygen atoms in total. The Morgan fingerprint density at radius 3 is 2.82 bits per heavy atom. The van der Waals surface area contributed by atoms with Gasteiger partial charge in [-0.15, -0.1) is 6.42 Å². The minimum absolute atomic E-state index is 0.187. The smallest absolute Gasteiger partial charge is 0.408 e. The molecule has 0 bridgehead atoms. The molecule has 0 saturated heterocycles. The maximum Gasteiger partial charge on any atom is 0.408 e. The summed E-state index contributed by atoms with van der Waals surface area (Å²) in [6, 6.07) is 10.1. The number of terminal acetylenes is 1. The van der Waals surface area contributed by atoms with Crippen molar-refractivity contribution in [2.75, 3.05) is 13.2 Å². The number of nitrogens with one attached hydrogen (secondary N) is 1. The van der Waals surface area contributed by atoms with Crippen LogP contribution in [0.5, 0.6) is 0 Å². The van der Waals surface area contributed by atoms with E-state index in [0.717, 1.165) is 6.42 Å². The second-order valence-corrected chi connectivity index (χ2v) is 3.32. The van der Waals surface area contributed by atoms with Gasteiger partial charge in [0.15, 0.2) is 0 Å². The first kappa shape index (κ1) is 12.9. The Kier molecular flexibility index (Phi) is 6.05. The fourth-order valence-electron chi connectivity index (χ4n) is 1.20. The Morgan fingerprint density at radius 1 is 1.35 bits per heavy atom. The molecular weight excluding hydrogens is 214 g/mol. The number of carbonyl (C=O) groups excluding carboxylic acids is 1. The number of ether oxygens (including phenoxy) is 1. The second kappa shape index (κ2) is 8.00. The molecule has 88 valence electrons. The Balaban J connectivity index is 2.15. The maximum absolute atomic E-state index is 11.0. The van der Waals surface area contributed by atoms with E-state index in [1.165, 1.54) is 5.56 Å². The van der Waals surface area contributed by atoms with Crippen molar-refractivity contribution in [3.05, 3.63) is 48.0 Å². The zero-order valence-electron chi connectivity index (χ0n) is 9.56. The van der Waals surface area contributed by atoms with Gasteiger partial charge in [0.25, 0.3) is 0 Å². The highest BCUT2D eigenvalue weighted by molar-refractivity contribution is 5.67. The average Bonchev–Trinajstić information content (AvgIpc) is 2.37. The minimum Gasteiger partial charge on any atom is -0.445 e. The Morgan fingerprint density at radius 2 is 2.12 bits per heavy atom. The first-order valence-electron chi connectivity index (χ1n) is 5.36. The van der Waals surface area contributed by atoms with E-state index in [1.54, 1.807) is 0 Å². The van der Waals surface area contributed by atoms with Gasteiger partial charge in [0.1, 0.15) is 6.61 Å². The van der Waals surface area contributed by atoms with Crippen molar-refractivity contribution in [1.29, 1.82) is 0 Å². The molecule has 1 rings (SSSR count). The van der Waals surface area contributed by atoms with Gasteiger partial charge in [-0.05, 0) is 12.0 Å².